The van der Waals surface area contributed by atoms with E-state index in [-0.39, 0.29) is 11.6 Å². The number of rotatable bonds is 1. The maximum absolute atomic E-state index is 6.62. The molecule has 130 valence electrons. The minimum absolute atomic E-state index is 0.212. The number of para-hydroxylation sites is 1. The Labute approximate surface area is 152 Å². The van der Waals surface area contributed by atoms with Crippen molar-refractivity contribution in [3.8, 4) is 5.75 Å². The van der Waals surface area contributed by atoms with Gasteiger partial charge in [-0.25, -0.2) is 5.01 Å². The van der Waals surface area contributed by atoms with Gasteiger partial charge in [0.05, 0.1) is 28.8 Å². The highest BCUT2D eigenvalue weighted by Crippen LogP contribution is 2.51. The second-order valence-corrected chi connectivity index (χ2v) is 8.66. The smallest absolute Gasteiger partial charge is 0.203 e. The van der Waals surface area contributed by atoms with Gasteiger partial charge in [-0.1, -0.05) is 24.3 Å². The van der Waals surface area contributed by atoms with Crippen LogP contribution in [0.2, 0.25) is 0 Å². The topological polar surface area (TPSA) is 34.1 Å². The molecule has 5 heteroatoms. The molecule has 0 bridgehead atoms. The summed E-state index contributed by atoms with van der Waals surface area (Å²) in [4.78, 5) is 1.26. The molecule has 1 fully saturated rings. The first kappa shape index (κ1) is 15.4. The molecule has 0 aliphatic carbocycles. The summed E-state index contributed by atoms with van der Waals surface area (Å²) in [5.41, 5.74) is 1.78. The Morgan fingerprint density at radius 2 is 2.08 bits per heavy atom. The number of thiophene rings is 1. The largest absolute Gasteiger partial charge is 0.466 e. The maximum Gasteiger partial charge on any atom is 0.203 e. The fraction of sp³-hybridized carbons (Fsp3) is 0.450. The van der Waals surface area contributed by atoms with E-state index in [1.54, 1.807) is 11.3 Å². The van der Waals surface area contributed by atoms with Crippen LogP contribution in [-0.4, -0.2) is 28.7 Å². The van der Waals surface area contributed by atoms with Gasteiger partial charge in [0.25, 0.3) is 0 Å². The third-order valence-corrected chi connectivity index (χ3v) is 6.32. The maximum atomic E-state index is 6.62. The molecule has 0 saturated carbocycles. The van der Waals surface area contributed by atoms with E-state index in [4.69, 9.17) is 14.6 Å². The van der Waals surface area contributed by atoms with Gasteiger partial charge >= 0.3 is 0 Å². The van der Waals surface area contributed by atoms with Crippen LogP contribution >= 0.6 is 11.3 Å². The SMILES string of the molecule is CC1(C)C[C@]2(CCO1)Oc1ccccc1[C@H]1CC(c3cccs3)=NN12. The first-order valence-electron chi connectivity index (χ1n) is 8.89. The van der Waals surface area contributed by atoms with E-state index in [0.29, 0.717) is 6.61 Å². The first-order valence-corrected chi connectivity index (χ1v) is 9.77. The molecule has 4 nitrogen and oxygen atoms in total. The first-order chi connectivity index (χ1) is 12.1. The molecule has 3 aliphatic rings. The van der Waals surface area contributed by atoms with Gasteiger partial charge in [-0.15, -0.1) is 11.3 Å². The average Bonchev–Trinajstić information content (AvgIpc) is 3.24. The highest BCUT2D eigenvalue weighted by Gasteiger charge is 2.54. The van der Waals surface area contributed by atoms with Crippen LogP contribution in [-0.2, 0) is 4.74 Å². The minimum atomic E-state index is -0.417. The third-order valence-electron chi connectivity index (χ3n) is 5.40. The molecular weight excluding hydrogens is 332 g/mol. The van der Waals surface area contributed by atoms with Gasteiger partial charge in [0.15, 0.2) is 0 Å². The fourth-order valence-electron chi connectivity index (χ4n) is 4.39. The van der Waals surface area contributed by atoms with Crippen molar-refractivity contribution in [3.63, 3.8) is 0 Å². The van der Waals surface area contributed by atoms with Crippen molar-refractivity contribution in [2.75, 3.05) is 6.61 Å². The normalized spacial score (nSPS) is 29.8. The van der Waals surface area contributed by atoms with E-state index in [9.17, 15) is 0 Å². The third kappa shape index (κ3) is 2.41. The highest BCUT2D eigenvalue weighted by molar-refractivity contribution is 7.12. The predicted molar refractivity (Wildman–Crippen MR) is 99.1 cm³/mol. The van der Waals surface area contributed by atoms with Gasteiger partial charge in [0, 0.05) is 24.8 Å². The Kier molecular flexibility index (Phi) is 3.28. The zero-order valence-electron chi connectivity index (χ0n) is 14.6. The van der Waals surface area contributed by atoms with Crippen LogP contribution in [0.15, 0.2) is 46.9 Å². The van der Waals surface area contributed by atoms with Crippen molar-refractivity contribution < 1.29 is 9.47 Å². The van der Waals surface area contributed by atoms with E-state index in [2.05, 4.69) is 60.6 Å². The van der Waals surface area contributed by atoms with Crippen molar-refractivity contribution in [2.45, 2.75) is 50.5 Å². The van der Waals surface area contributed by atoms with Crippen molar-refractivity contribution in [1.82, 2.24) is 5.01 Å². The van der Waals surface area contributed by atoms with Crippen LogP contribution in [0.3, 0.4) is 0 Å². The predicted octanol–water partition coefficient (Wildman–Crippen LogP) is 4.58. The summed E-state index contributed by atoms with van der Waals surface area (Å²) in [5, 5.41) is 9.44. The van der Waals surface area contributed by atoms with Gasteiger partial charge < -0.3 is 9.47 Å². The van der Waals surface area contributed by atoms with Gasteiger partial charge in [-0.2, -0.15) is 5.10 Å². The Morgan fingerprint density at radius 3 is 2.88 bits per heavy atom. The minimum Gasteiger partial charge on any atom is -0.466 e. The van der Waals surface area contributed by atoms with Gasteiger partial charge in [0.1, 0.15) is 5.75 Å². The summed E-state index contributed by atoms with van der Waals surface area (Å²) >= 11 is 1.76. The van der Waals surface area contributed by atoms with Crippen LogP contribution in [0.1, 0.15) is 49.6 Å². The molecule has 1 aromatic carbocycles. The average molecular weight is 354 g/mol. The quantitative estimate of drug-likeness (QED) is 0.752. The molecule has 2 aromatic rings. The number of hydrazone groups is 1. The van der Waals surface area contributed by atoms with E-state index in [0.717, 1.165) is 25.0 Å². The van der Waals surface area contributed by atoms with Crippen LogP contribution in [0.5, 0.6) is 5.75 Å². The monoisotopic (exact) mass is 354 g/mol. The van der Waals surface area contributed by atoms with Crippen LogP contribution in [0.4, 0.5) is 0 Å². The molecular formula is C20H22N2O2S. The van der Waals surface area contributed by atoms with Crippen LogP contribution < -0.4 is 4.74 Å². The molecule has 0 radical (unpaired) electrons. The lowest BCUT2D eigenvalue weighted by atomic mass is 9.86. The van der Waals surface area contributed by atoms with Crippen LogP contribution in [0, 0.1) is 0 Å². The number of hydrogen-bond donors (Lipinski definition) is 0. The second kappa shape index (κ2) is 5.32. The second-order valence-electron chi connectivity index (χ2n) is 7.71. The van der Waals surface area contributed by atoms with E-state index < -0.39 is 5.72 Å². The number of benzene rings is 1. The summed E-state index contributed by atoms with van der Waals surface area (Å²) in [6, 6.07) is 12.9. The fourth-order valence-corrected chi connectivity index (χ4v) is 5.12. The number of nitrogens with zero attached hydrogens (tertiary/aromatic N) is 2. The summed E-state index contributed by atoms with van der Waals surface area (Å²) < 4.78 is 12.6. The Hall–Kier alpha value is -1.85. The number of hydrogen-bond acceptors (Lipinski definition) is 5. The summed E-state index contributed by atoms with van der Waals surface area (Å²) in [7, 11) is 0. The lowest BCUT2D eigenvalue weighted by Crippen LogP contribution is -2.60. The van der Waals surface area contributed by atoms with Crippen molar-refractivity contribution >= 4 is 17.0 Å². The molecule has 1 spiro atoms. The summed E-state index contributed by atoms with van der Waals surface area (Å²) in [6.45, 7) is 4.99. The molecule has 0 N–H and O–H groups in total. The number of fused-ring (bicyclic) bond motifs is 4. The van der Waals surface area contributed by atoms with E-state index in [1.165, 1.54) is 16.2 Å². The Bertz CT molecular complexity index is 830. The highest BCUT2D eigenvalue weighted by atomic mass is 32.1. The zero-order chi connectivity index (χ0) is 17.1. The molecule has 3 aliphatic heterocycles. The van der Waals surface area contributed by atoms with Gasteiger partial charge in [-0.3, -0.25) is 0 Å². The van der Waals surface area contributed by atoms with Crippen molar-refractivity contribution in [2.24, 2.45) is 5.10 Å². The molecule has 0 amide bonds. The molecule has 4 heterocycles. The van der Waals surface area contributed by atoms with Crippen LogP contribution in [0.25, 0.3) is 0 Å². The van der Waals surface area contributed by atoms with Gasteiger partial charge in [-0.05, 0) is 31.4 Å². The molecule has 2 atom stereocenters. The van der Waals surface area contributed by atoms with E-state index in [1.807, 2.05) is 0 Å². The summed E-state index contributed by atoms with van der Waals surface area (Å²) in [6.07, 6.45) is 2.58. The molecule has 5 rings (SSSR count). The standard InChI is InChI=1S/C20H22N2O2S/c1-19(2)13-20(9-10-23-19)22-16(14-6-3-4-7-17(14)24-20)12-15(21-22)18-8-5-11-25-18/h3-8,11,16H,9-10,12-13H2,1-2H3/t16-,20+/m1/s1. The zero-order valence-corrected chi connectivity index (χ0v) is 15.4. The Balaban J connectivity index is 1.62. The Morgan fingerprint density at radius 1 is 1.20 bits per heavy atom. The van der Waals surface area contributed by atoms with E-state index >= 15 is 0 Å². The molecule has 1 saturated heterocycles. The molecule has 25 heavy (non-hydrogen) atoms. The number of ether oxygens (including phenoxy) is 2. The lowest BCUT2D eigenvalue weighted by Gasteiger charge is -2.52. The molecule has 0 unspecified atom stereocenters. The van der Waals surface area contributed by atoms with Gasteiger partial charge in [0.2, 0.25) is 5.72 Å². The van der Waals surface area contributed by atoms with Crippen molar-refractivity contribution in [1.29, 1.82) is 0 Å². The summed E-state index contributed by atoms with van der Waals surface area (Å²) in [5.74, 6) is 1.00. The lowest BCUT2D eigenvalue weighted by molar-refractivity contribution is -0.212. The molecule has 1 aromatic heterocycles. The van der Waals surface area contributed by atoms with Crippen molar-refractivity contribution in [3.05, 3.63) is 52.2 Å².